The first-order valence-electron chi connectivity index (χ1n) is 9.20. The molecule has 0 aromatic heterocycles. The second-order valence-corrected chi connectivity index (χ2v) is 6.87. The molecule has 0 fully saturated rings. The van der Waals surface area contributed by atoms with Crippen LogP contribution < -0.4 is 5.73 Å². The molecular formula is C20H35NO3. The molecule has 4 nitrogen and oxygen atoms in total. The maximum absolute atomic E-state index is 9.35. The Bertz CT molecular complexity index is 429. The van der Waals surface area contributed by atoms with E-state index < -0.39 is 5.54 Å². The number of hydrogen-bond donors (Lipinski definition) is 3. The van der Waals surface area contributed by atoms with E-state index in [0.29, 0.717) is 6.42 Å². The van der Waals surface area contributed by atoms with E-state index in [1.165, 1.54) is 44.1 Å². The summed E-state index contributed by atoms with van der Waals surface area (Å²) in [5.74, 6) is 0. The summed E-state index contributed by atoms with van der Waals surface area (Å²) < 4.78 is 5.51. The fourth-order valence-electron chi connectivity index (χ4n) is 2.89. The van der Waals surface area contributed by atoms with Crippen LogP contribution >= 0.6 is 0 Å². The molecule has 1 aromatic carbocycles. The molecule has 4 N–H and O–H groups in total. The van der Waals surface area contributed by atoms with Gasteiger partial charge in [-0.05, 0) is 24.0 Å². The molecule has 138 valence electrons. The van der Waals surface area contributed by atoms with Crippen LogP contribution in [0.2, 0.25) is 0 Å². The van der Waals surface area contributed by atoms with E-state index in [-0.39, 0.29) is 19.3 Å². The molecule has 0 aliphatic carbocycles. The number of aliphatic hydroxyl groups is 2. The van der Waals surface area contributed by atoms with Gasteiger partial charge in [-0.3, -0.25) is 0 Å². The van der Waals surface area contributed by atoms with Gasteiger partial charge in [0.15, 0.2) is 0 Å². The Hall–Kier alpha value is -0.940. The van der Waals surface area contributed by atoms with Gasteiger partial charge in [-0.25, -0.2) is 0 Å². The van der Waals surface area contributed by atoms with Gasteiger partial charge in [-0.15, -0.1) is 0 Å². The van der Waals surface area contributed by atoms with Gasteiger partial charge in [-0.1, -0.05) is 63.3 Å². The second-order valence-electron chi connectivity index (χ2n) is 6.87. The van der Waals surface area contributed by atoms with Gasteiger partial charge in [0.1, 0.15) is 0 Å². The number of aliphatic hydroxyl groups excluding tert-OH is 2. The first-order chi connectivity index (χ1) is 11.6. The average Bonchev–Trinajstić information content (AvgIpc) is 2.63. The van der Waals surface area contributed by atoms with Crippen LogP contribution in [0.1, 0.15) is 69.1 Å². The Morgan fingerprint density at radius 3 is 2.12 bits per heavy atom. The van der Waals surface area contributed by atoms with Gasteiger partial charge in [0.25, 0.3) is 0 Å². The van der Waals surface area contributed by atoms with Crippen LogP contribution in [0, 0.1) is 0 Å². The topological polar surface area (TPSA) is 75.7 Å². The SMILES string of the molecule is CCCCCCCCc1ccc(C(CC(N)(CO)CO)OC)cc1. The molecule has 0 spiro atoms. The maximum atomic E-state index is 9.35. The monoisotopic (exact) mass is 337 g/mol. The molecule has 0 aliphatic rings. The predicted octanol–water partition coefficient (Wildman–Crippen LogP) is 3.35. The fourth-order valence-corrected chi connectivity index (χ4v) is 2.89. The number of unbranched alkanes of at least 4 members (excludes halogenated alkanes) is 5. The minimum absolute atomic E-state index is 0.225. The molecular weight excluding hydrogens is 302 g/mol. The summed E-state index contributed by atoms with van der Waals surface area (Å²) in [6, 6.07) is 8.42. The predicted molar refractivity (Wildman–Crippen MR) is 99.0 cm³/mol. The standard InChI is InChI=1S/C20H35NO3/c1-3-4-5-6-7-8-9-17-10-12-18(13-11-17)19(24-2)14-20(21,15-22)16-23/h10-13,19,22-23H,3-9,14-16,21H2,1-2H3. The van der Waals surface area contributed by atoms with Crippen LogP contribution in [0.3, 0.4) is 0 Å². The van der Waals surface area contributed by atoms with Crippen LogP contribution in [0.4, 0.5) is 0 Å². The number of ether oxygens (including phenoxy) is 1. The third-order valence-electron chi connectivity index (χ3n) is 4.68. The van der Waals surface area contributed by atoms with E-state index in [2.05, 4.69) is 31.2 Å². The van der Waals surface area contributed by atoms with E-state index >= 15 is 0 Å². The normalized spacial score (nSPS) is 13.2. The maximum Gasteiger partial charge on any atom is 0.0840 e. The Labute approximate surface area is 147 Å². The van der Waals surface area contributed by atoms with Crippen molar-refractivity contribution in [1.29, 1.82) is 0 Å². The summed E-state index contributed by atoms with van der Waals surface area (Å²) in [7, 11) is 1.63. The van der Waals surface area contributed by atoms with Crippen molar-refractivity contribution in [3.8, 4) is 0 Å². The molecule has 0 amide bonds. The largest absolute Gasteiger partial charge is 0.394 e. The van der Waals surface area contributed by atoms with Crippen molar-refractivity contribution >= 4 is 0 Å². The third-order valence-corrected chi connectivity index (χ3v) is 4.68. The van der Waals surface area contributed by atoms with Gasteiger partial charge >= 0.3 is 0 Å². The van der Waals surface area contributed by atoms with Crippen LogP contribution in [-0.2, 0) is 11.2 Å². The summed E-state index contributed by atoms with van der Waals surface area (Å²) in [5.41, 5.74) is 7.33. The highest BCUT2D eigenvalue weighted by Gasteiger charge is 2.28. The van der Waals surface area contributed by atoms with Crippen molar-refractivity contribution in [2.24, 2.45) is 5.73 Å². The van der Waals surface area contributed by atoms with Gasteiger partial charge in [0, 0.05) is 13.5 Å². The second kappa shape index (κ2) is 11.6. The van der Waals surface area contributed by atoms with E-state index in [1.807, 2.05) is 0 Å². The molecule has 0 saturated heterocycles. The van der Waals surface area contributed by atoms with E-state index in [9.17, 15) is 10.2 Å². The minimum atomic E-state index is -1.02. The number of nitrogens with two attached hydrogens (primary N) is 1. The van der Waals surface area contributed by atoms with Crippen LogP contribution in [-0.4, -0.2) is 36.1 Å². The molecule has 1 aromatic rings. The van der Waals surface area contributed by atoms with E-state index in [0.717, 1.165) is 12.0 Å². The number of rotatable bonds is 13. The number of aryl methyl sites for hydroxylation is 1. The molecule has 4 heteroatoms. The molecule has 0 saturated carbocycles. The fraction of sp³-hybridized carbons (Fsp3) is 0.700. The lowest BCUT2D eigenvalue weighted by atomic mass is 9.91. The molecule has 0 radical (unpaired) electrons. The van der Waals surface area contributed by atoms with E-state index in [4.69, 9.17) is 10.5 Å². The summed E-state index contributed by atoms with van der Waals surface area (Å²) in [6.07, 6.45) is 9.11. The van der Waals surface area contributed by atoms with Crippen molar-refractivity contribution in [3.05, 3.63) is 35.4 Å². The zero-order valence-corrected chi connectivity index (χ0v) is 15.3. The highest BCUT2D eigenvalue weighted by Crippen LogP contribution is 2.26. The zero-order chi connectivity index (χ0) is 17.8. The smallest absolute Gasteiger partial charge is 0.0840 e. The Kier molecular flexibility index (Phi) is 10.2. The van der Waals surface area contributed by atoms with Crippen molar-refractivity contribution in [1.82, 2.24) is 0 Å². The molecule has 24 heavy (non-hydrogen) atoms. The summed E-state index contributed by atoms with van der Waals surface area (Å²) >= 11 is 0. The Morgan fingerprint density at radius 1 is 1.00 bits per heavy atom. The van der Waals surface area contributed by atoms with Gasteiger partial charge < -0.3 is 20.7 Å². The highest BCUT2D eigenvalue weighted by atomic mass is 16.5. The lowest BCUT2D eigenvalue weighted by Crippen LogP contribution is -2.48. The average molecular weight is 338 g/mol. The molecule has 0 aliphatic heterocycles. The third kappa shape index (κ3) is 7.31. The van der Waals surface area contributed by atoms with Crippen LogP contribution in [0.25, 0.3) is 0 Å². The lowest BCUT2D eigenvalue weighted by Gasteiger charge is -2.29. The number of benzene rings is 1. The van der Waals surface area contributed by atoms with Crippen molar-refractivity contribution in [2.75, 3.05) is 20.3 Å². The molecule has 0 bridgehead atoms. The molecule has 1 atom stereocenters. The minimum Gasteiger partial charge on any atom is -0.394 e. The van der Waals surface area contributed by atoms with Gasteiger partial charge in [0.2, 0.25) is 0 Å². The molecule has 1 unspecified atom stereocenters. The Balaban J connectivity index is 2.49. The van der Waals surface area contributed by atoms with Gasteiger partial charge in [-0.2, -0.15) is 0 Å². The number of methoxy groups -OCH3 is 1. The number of hydrogen-bond acceptors (Lipinski definition) is 4. The molecule has 0 heterocycles. The molecule has 1 rings (SSSR count). The Morgan fingerprint density at radius 2 is 1.58 bits per heavy atom. The van der Waals surface area contributed by atoms with Crippen LogP contribution in [0.5, 0.6) is 0 Å². The van der Waals surface area contributed by atoms with E-state index in [1.54, 1.807) is 7.11 Å². The first kappa shape index (κ1) is 21.1. The lowest BCUT2D eigenvalue weighted by molar-refractivity contribution is 0.0347. The summed E-state index contributed by atoms with van der Waals surface area (Å²) in [6.45, 7) is 1.71. The summed E-state index contributed by atoms with van der Waals surface area (Å²) in [4.78, 5) is 0. The highest BCUT2D eigenvalue weighted by molar-refractivity contribution is 5.25. The van der Waals surface area contributed by atoms with Crippen molar-refractivity contribution in [3.63, 3.8) is 0 Å². The van der Waals surface area contributed by atoms with Crippen molar-refractivity contribution < 1.29 is 14.9 Å². The van der Waals surface area contributed by atoms with Crippen LogP contribution in [0.15, 0.2) is 24.3 Å². The first-order valence-corrected chi connectivity index (χ1v) is 9.20. The summed E-state index contributed by atoms with van der Waals surface area (Å²) in [5, 5.41) is 18.7. The van der Waals surface area contributed by atoms with Crippen molar-refractivity contribution in [2.45, 2.75) is 69.9 Å². The quantitative estimate of drug-likeness (QED) is 0.483. The zero-order valence-electron chi connectivity index (χ0n) is 15.3. The van der Waals surface area contributed by atoms with Gasteiger partial charge in [0.05, 0.1) is 24.9 Å².